The molecule has 2 N–H and O–H groups in total. The Morgan fingerprint density at radius 2 is 2.22 bits per heavy atom. The number of likely N-dealkylation sites (N-methyl/N-ethyl adjacent to an activating group) is 1. The van der Waals surface area contributed by atoms with Crippen molar-refractivity contribution in [2.24, 2.45) is 0 Å². The SMILES string of the molecule is CN(C)C(=O)Cn1ccnc1-c1cccc(N)c1. The first kappa shape index (κ1) is 12.2. The molecule has 5 heteroatoms. The fraction of sp³-hybridized carbons (Fsp3) is 0.231. The highest BCUT2D eigenvalue weighted by atomic mass is 16.2. The zero-order chi connectivity index (χ0) is 13.1. The summed E-state index contributed by atoms with van der Waals surface area (Å²) in [5.41, 5.74) is 7.34. The lowest BCUT2D eigenvalue weighted by molar-refractivity contribution is -0.129. The fourth-order valence-corrected chi connectivity index (χ4v) is 1.66. The highest BCUT2D eigenvalue weighted by Gasteiger charge is 2.10. The highest BCUT2D eigenvalue weighted by molar-refractivity contribution is 5.76. The molecule has 0 bridgehead atoms. The third-order valence-corrected chi connectivity index (χ3v) is 2.66. The van der Waals surface area contributed by atoms with E-state index in [0.717, 1.165) is 11.4 Å². The number of rotatable bonds is 3. The minimum Gasteiger partial charge on any atom is -0.399 e. The summed E-state index contributed by atoms with van der Waals surface area (Å²) in [4.78, 5) is 17.5. The van der Waals surface area contributed by atoms with Crippen molar-refractivity contribution in [2.75, 3.05) is 19.8 Å². The van der Waals surface area contributed by atoms with Gasteiger partial charge in [0, 0.05) is 37.7 Å². The molecule has 0 aliphatic rings. The van der Waals surface area contributed by atoms with Gasteiger partial charge in [0.25, 0.3) is 0 Å². The van der Waals surface area contributed by atoms with Crippen LogP contribution in [-0.4, -0.2) is 34.5 Å². The molecule has 18 heavy (non-hydrogen) atoms. The smallest absolute Gasteiger partial charge is 0.242 e. The third-order valence-electron chi connectivity index (χ3n) is 2.66. The van der Waals surface area contributed by atoms with Crippen molar-refractivity contribution >= 4 is 11.6 Å². The number of benzene rings is 1. The minimum absolute atomic E-state index is 0.0261. The first-order chi connectivity index (χ1) is 8.58. The second-order valence-corrected chi connectivity index (χ2v) is 4.29. The lowest BCUT2D eigenvalue weighted by atomic mass is 10.2. The summed E-state index contributed by atoms with van der Waals surface area (Å²) >= 11 is 0. The van der Waals surface area contributed by atoms with Gasteiger partial charge in [-0.1, -0.05) is 12.1 Å². The Balaban J connectivity index is 2.30. The van der Waals surface area contributed by atoms with Gasteiger partial charge in [0.05, 0.1) is 0 Å². The van der Waals surface area contributed by atoms with Crippen molar-refractivity contribution in [3.05, 3.63) is 36.7 Å². The number of carbonyl (C=O) groups excluding carboxylic acids is 1. The van der Waals surface area contributed by atoms with Gasteiger partial charge in [-0.2, -0.15) is 0 Å². The van der Waals surface area contributed by atoms with Crippen LogP contribution in [-0.2, 0) is 11.3 Å². The quantitative estimate of drug-likeness (QED) is 0.826. The van der Waals surface area contributed by atoms with E-state index in [1.54, 1.807) is 31.4 Å². The summed E-state index contributed by atoms with van der Waals surface area (Å²) in [6.45, 7) is 0.275. The number of imidazole rings is 1. The van der Waals surface area contributed by atoms with E-state index < -0.39 is 0 Å². The molecule has 0 saturated heterocycles. The number of nitrogens with zero attached hydrogens (tertiary/aromatic N) is 3. The summed E-state index contributed by atoms with van der Waals surface area (Å²) < 4.78 is 1.82. The Labute approximate surface area is 106 Å². The number of hydrogen-bond acceptors (Lipinski definition) is 3. The monoisotopic (exact) mass is 244 g/mol. The topological polar surface area (TPSA) is 64.2 Å². The standard InChI is InChI=1S/C13H16N4O/c1-16(2)12(18)9-17-7-6-15-13(17)10-4-3-5-11(14)8-10/h3-8H,9,14H2,1-2H3. The maximum atomic E-state index is 11.7. The van der Waals surface area contributed by atoms with Crippen molar-refractivity contribution in [1.29, 1.82) is 0 Å². The molecule has 94 valence electrons. The normalized spacial score (nSPS) is 10.3. The maximum Gasteiger partial charge on any atom is 0.242 e. The van der Waals surface area contributed by atoms with Gasteiger partial charge in [-0.15, -0.1) is 0 Å². The molecule has 0 spiro atoms. The van der Waals surface area contributed by atoms with Crippen LogP contribution in [0.3, 0.4) is 0 Å². The molecular weight excluding hydrogens is 228 g/mol. The number of nitrogens with two attached hydrogens (primary N) is 1. The minimum atomic E-state index is 0.0261. The predicted octanol–water partition coefficient (Wildman–Crippen LogP) is 1.22. The number of amides is 1. The van der Waals surface area contributed by atoms with E-state index >= 15 is 0 Å². The number of carbonyl (C=O) groups is 1. The molecule has 1 heterocycles. The van der Waals surface area contributed by atoms with E-state index in [-0.39, 0.29) is 12.5 Å². The zero-order valence-electron chi connectivity index (χ0n) is 10.5. The van der Waals surface area contributed by atoms with E-state index in [1.807, 2.05) is 28.8 Å². The van der Waals surface area contributed by atoms with Gasteiger partial charge in [-0.05, 0) is 12.1 Å². The van der Waals surface area contributed by atoms with E-state index in [2.05, 4.69) is 4.98 Å². The molecule has 5 nitrogen and oxygen atoms in total. The molecule has 0 fully saturated rings. The molecule has 0 unspecified atom stereocenters. The van der Waals surface area contributed by atoms with Crippen LogP contribution in [0, 0.1) is 0 Å². The molecule has 0 atom stereocenters. The third kappa shape index (κ3) is 2.51. The first-order valence-corrected chi connectivity index (χ1v) is 5.65. The fourth-order valence-electron chi connectivity index (χ4n) is 1.66. The van der Waals surface area contributed by atoms with Crippen LogP contribution in [0.25, 0.3) is 11.4 Å². The van der Waals surface area contributed by atoms with Crippen molar-refractivity contribution in [1.82, 2.24) is 14.5 Å². The summed E-state index contributed by atoms with van der Waals surface area (Å²) in [6.07, 6.45) is 3.47. The van der Waals surface area contributed by atoms with E-state index in [0.29, 0.717) is 5.69 Å². The van der Waals surface area contributed by atoms with Crippen LogP contribution in [0.5, 0.6) is 0 Å². The van der Waals surface area contributed by atoms with Gasteiger partial charge in [0.15, 0.2) is 0 Å². The molecule has 0 saturated carbocycles. The number of anilines is 1. The van der Waals surface area contributed by atoms with Crippen molar-refractivity contribution in [2.45, 2.75) is 6.54 Å². The Kier molecular flexibility index (Phi) is 3.32. The van der Waals surface area contributed by atoms with E-state index in [1.165, 1.54) is 0 Å². The Morgan fingerprint density at radius 3 is 2.89 bits per heavy atom. The van der Waals surface area contributed by atoms with Crippen molar-refractivity contribution in [3.8, 4) is 11.4 Å². The largest absolute Gasteiger partial charge is 0.399 e. The molecular formula is C13H16N4O. The van der Waals surface area contributed by atoms with Crippen molar-refractivity contribution in [3.63, 3.8) is 0 Å². The summed E-state index contributed by atoms with van der Waals surface area (Å²) in [6, 6.07) is 7.47. The molecule has 0 aliphatic heterocycles. The van der Waals surface area contributed by atoms with Gasteiger partial charge in [0.2, 0.25) is 5.91 Å². The first-order valence-electron chi connectivity index (χ1n) is 5.65. The molecule has 1 aromatic heterocycles. The highest BCUT2D eigenvalue weighted by Crippen LogP contribution is 2.19. The predicted molar refractivity (Wildman–Crippen MR) is 70.8 cm³/mol. The summed E-state index contributed by atoms with van der Waals surface area (Å²) in [5, 5.41) is 0. The average molecular weight is 244 g/mol. The van der Waals surface area contributed by atoms with Gasteiger partial charge >= 0.3 is 0 Å². The van der Waals surface area contributed by atoms with Gasteiger partial charge < -0.3 is 15.2 Å². The van der Waals surface area contributed by atoms with Crippen LogP contribution >= 0.6 is 0 Å². The second-order valence-electron chi connectivity index (χ2n) is 4.29. The maximum absolute atomic E-state index is 11.7. The van der Waals surface area contributed by atoms with Crippen LogP contribution in [0.2, 0.25) is 0 Å². The Morgan fingerprint density at radius 1 is 1.44 bits per heavy atom. The molecule has 1 aromatic carbocycles. The van der Waals surface area contributed by atoms with Crippen LogP contribution in [0.1, 0.15) is 0 Å². The van der Waals surface area contributed by atoms with E-state index in [9.17, 15) is 4.79 Å². The van der Waals surface area contributed by atoms with Gasteiger partial charge in [-0.25, -0.2) is 4.98 Å². The molecule has 0 radical (unpaired) electrons. The number of nitrogen functional groups attached to an aromatic ring is 1. The lowest BCUT2D eigenvalue weighted by Crippen LogP contribution is -2.26. The summed E-state index contributed by atoms with van der Waals surface area (Å²) in [5.74, 6) is 0.774. The summed E-state index contributed by atoms with van der Waals surface area (Å²) in [7, 11) is 3.47. The number of aromatic nitrogens is 2. The average Bonchev–Trinajstić information content (AvgIpc) is 2.77. The number of hydrogen-bond donors (Lipinski definition) is 1. The van der Waals surface area contributed by atoms with Crippen LogP contribution in [0.15, 0.2) is 36.7 Å². The Bertz CT molecular complexity index is 560. The van der Waals surface area contributed by atoms with Crippen LogP contribution < -0.4 is 5.73 Å². The van der Waals surface area contributed by atoms with Crippen LogP contribution in [0.4, 0.5) is 5.69 Å². The van der Waals surface area contributed by atoms with Crippen molar-refractivity contribution < 1.29 is 4.79 Å². The molecule has 2 rings (SSSR count). The zero-order valence-corrected chi connectivity index (χ0v) is 10.5. The lowest BCUT2D eigenvalue weighted by Gasteiger charge is -2.12. The molecule has 2 aromatic rings. The Hall–Kier alpha value is -2.30. The second kappa shape index (κ2) is 4.91. The van der Waals surface area contributed by atoms with E-state index in [4.69, 9.17) is 5.73 Å². The molecule has 1 amide bonds. The van der Waals surface area contributed by atoms with Gasteiger partial charge in [0.1, 0.15) is 12.4 Å². The molecule has 0 aliphatic carbocycles. The van der Waals surface area contributed by atoms with Gasteiger partial charge in [-0.3, -0.25) is 4.79 Å².